The van der Waals surface area contributed by atoms with E-state index >= 15 is 0 Å². The minimum atomic E-state index is -4.12. The van der Waals surface area contributed by atoms with E-state index in [0.717, 1.165) is 17.8 Å². The molecular weight excluding hydrogens is 610 g/mol. The Morgan fingerprint density at radius 2 is 1.30 bits per heavy atom. The number of carbonyl (C=O) groups excluding carboxylic acids is 2. The van der Waals surface area contributed by atoms with Gasteiger partial charge in [0.2, 0.25) is 0 Å². The van der Waals surface area contributed by atoms with Crippen molar-refractivity contribution in [1.82, 2.24) is 4.90 Å². The van der Waals surface area contributed by atoms with E-state index in [0.29, 0.717) is 48.9 Å². The van der Waals surface area contributed by atoms with Gasteiger partial charge in [0.1, 0.15) is 4.90 Å². The topological polar surface area (TPSA) is 90.0 Å². The van der Waals surface area contributed by atoms with Crippen LogP contribution in [-0.4, -0.2) is 38.0 Å². The summed E-state index contributed by atoms with van der Waals surface area (Å²) < 4.78 is 37.8. The van der Waals surface area contributed by atoms with Gasteiger partial charge in [-0.05, 0) is 72.4 Å². The normalized spacial score (nSPS) is 19.4. The maximum absolute atomic E-state index is 14.2. The van der Waals surface area contributed by atoms with Crippen molar-refractivity contribution in [2.45, 2.75) is 77.5 Å². The molecule has 0 radical (unpaired) electrons. The molecule has 0 amide bonds. The number of carbonyl (C=O) groups is 2. The summed E-state index contributed by atoms with van der Waals surface area (Å²) in [6.07, 6.45) is 2.95. The molecule has 1 heterocycles. The molecule has 7 nitrogen and oxygen atoms in total. The predicted octanol–water partition coefficient (Wildman–Crippen LogP) is 7.78. The van der Waals surface area contributed by atoms with E-state index in [4.69, 9.17) is 8.92 Å². The van der Waals surface area contributed by atoms with E-state index in [1.165, 1.54) is 17.7 Å². The molecule has 0 saturated heterocycles. The van der Waals surface area contributed by atoms with Crippen molar-refractivity contribution in [3.8, 4) is 11.5 Å². The Morgan fingerprint density at radius 1 is 0.745 bits per heavy atom. The highest BCUT2D eigenvalue weighted by Crippen LogP contribution is 2.55. The molecule has 2 aliphatic carbocycles. The van der Waals surface area contributed by atoms with Gasteiger partial charge in [0.05, 0.1) is 6.61 Å². The highest BCUT2D eigenvalue weighted by Gasteiger charge is 2.49. The fourth-order valence-electron chi connectivity index (χ4n) is 7.33. The lowest BCUT2D eigenvalue weighted by molar-refractivity contribution is -0.119. The molecule has 3 aliphatic rings. The van der Waals surface area contributed by atoms with Crippen molar-refractivity contribution in [3.63, 3.8) is 0 Å². The third kappa shape index (κ3) is 6.66. The third-order valence-corrected chi connectivity index (χ3v) is 10.6. The monoisotopic (exact) mass is 653 g/mol. The second kappa shape index (κ2) is 12.5. The minimum absolute atomic E-state index is 0.0322. The van der Waals surface area contributed by atoms with Crippen LogP contribution in [0, 0.1) is 10.8 Å². The third-order valence-electron chi connectivity index (χ3n) is 9.32. The minimum Gasteiger partial charge on any atom is -0.490 e. The fourth-order valence-corrected chi connectivity index (χ4v) is 8.29. The highest BCUT2D eigenvalue weighted by molar-refractivity contribution is 7.87. The van der Waals surface area contributed by atoms with Crippen LogP contribution >= 0.6 is 0 Å². The first-order valence-electron chi connectivity index (χ1n) is 16.4. The number of ketones is 2. The average molecular weight is 654 g/mol. The van der Waals surface area contributed by atoms with Crippen LogP contribution in [0.25, 0.3) is 0 Å². The number of allylic oxidation sites excluding steroid dienone is 4. The fraction of sp³-hybridized carbons (Fsp3) is 0.385. The zero-order chi connectivity index (χ0) is 33.6. The van der Waals surface area contributed by atoms with Gasteiger partial charge in [0.25, 0.3) is 0 Å². The van der Waals surface area contributed by atoms with Crippen LogP contribution in [-0.2, 0) is 26.1 Å². The Morgan fingerprint density at radius 3 is 1.85 bits per heavy atom. The van der Waals surface area contributed by atoms with Gasteiger partial charge in [-0.15, -0.1) is 0 Å². The smallest absolute Gasteiger partial charge is 0.339 e. The first-order chi connectivity index (χ1) is 22.3. The molecule has 1 aliphatic heterocycles. The standard InChI is InChI=1S/C39H43NO6S/c1-6-45-34-21-27(17-18-33(34)46-47(43,44)28-15-11-8-12-16-28)35-36-29(22-38(2,3)24-31(36)41)40(20-19-26-13-9-7-10-14-26)30-23-39(4,5)25-32(42)37(30)35/h7-18,21,35H,6,19-20,22-25H2,1-5H3. The Labute approximate surface area is 278 Å². The molecule has 47 heavy (non-hydrogen) atoms. The van der Waals surface area contributed by atoms with Crippen LogP contribution in [0.3, 0.4) is 0 Å². The lowest BCUT2D eigenvalue weighted by atomic mass is 9.63. The summed E-state index contributed by atoms with van der Waals surface area (Å²) in [5, 5.41) is 0. The van der Waals surface area contributed by atoms with Gasteiger partial charge in [-0.25, -0.2) is 0 Å². The molecule has 3 aromatic rings. The molecule has 0 N–H and O–H groups in total. The number of Topliss-reactive ketones (excluding diaryl/α,β-unsaturated/α-hetero) is 2. The van der Waals surface area contributed by atoms with E-state index in [-0.39, 0.29) is 45.4 Å². The molecule has 0 fully saturated rings. The second-order valence-corrected chi connectivity index (χ2v) is 16.0. The van der Waals surface area contributed by atoms with Gasteiger partial charge >= 0.3 is 10.1 Å². The van der Waals surface area contributed by atoms with Crippen LogP contribution in [0.4, 0.5) is 0 Å². The molecule has 0 atom stereocenters. The second-order valence-electron chi connectivity index (χ2n) is 14.4. The van der Waals surface area contributed by atoms with E-state index < -0.39 is 16.0 Å². The number of benzene rings is 3. The number of hydrogen-bond donors (Lipinski definition) is 0. The summed E-state index contributed by atoms with van der Waals surface area (Å²) in [5.41, 5.74) is 4.73. The number of ether oxygens (including phenoxy) is 1. The van der Waals surface area contributed by atoms with Crippen molar-refractivity contribution < 1.29 is 26.9 Å². The molecule has 0 unspecified atom stereocenters. The van der Waals surface area contributed by atoms with Gasteiger partial charge in [0.15, 0.2) is 23.1 Å². The summed E-state index contributed by atoms with van der Waals surface area (Å²) in [4.78, 5) is 30.8. The van der Waals surface area contributed by atoms with E-state index in [1.54, 1.807) is 36.4 Å². The Hall–Kier alpha value is -4.17. The van der Waals surface area contributed by atoms with Crippen LogP contribution < -0.4 is 8.92 Å². The molecule has 6 rings (SSSR count). The summed E-state index contributed by atoms with van der Waals surface area (Å²) in [6.45, 7) is 11.3. The van der Waals surface area contributed by atoms with Crippen LogP contribution in [0.1, 0.15) is 77.3 Å². The van der Waals surface area contributed by atoms with E-state index in [2.05, 4.69) is 44.7 Å². The zero-order valence-corrected chi connectivity index (χ0v) is 28.7. The van der Waals surface area contributed by atoms with Gasteiger partial charge in [0, 0.05) is 47.8 Å². The van der Waals surface area contributed by atoms with E-state index in [1.807, 2.05) is 25.1 Å². The molecule has 8 heteroatoms. The number of hydrogen-bond acceptors (Lipinski definition) is 7. The number of nitrogens with zero attached hydrogens (tertiary/aromatic N) is 1. The molecule has 3 aromatic carbocycles. The highest BCUT2D eigenvalue weighted by atomic mass is 32.2. The van der Waals surface area contributed by atoms with Crippen molar-refractivity contribution in [1.29, 1.82) is 0 Å². The molecule has 0 bridgehead atoms. The summed E-state index contributed by atoms with van der Waals surface area (Å²) in [7, 11) is -4.12. The SMILES string of the molecule is CCOc1cc(C2C3=C(CC(C)(C)CC3=O)N(CCc3ccccc3)C3=C2C(=O)CC(C)(C)C3)ccc1OS(=O)(=O)c1ccccc1. The number of rotatable bonds is 9. The predicted molar refractivity (Wildman–Crippen MR) is 182 cm³/mol. The Balaban J connectivity index is 1.49. The van der Waals surface area contributed by atoms with Crippen molar-refractivity contribution in [2.75, 3.05) is 13.2 Å². The maximum atomic E-state index is 14.2. The van der Waals surface area contributed by atoms with Crippen molar-refractivity contribution in [3.05, 3.63) is 113 Å². The molecule has 0 aromatic heterocycles. The summed E-state index contributed by atoms with van der Waals surface area (Å²) in [6, 6.07) is 23.4. The Bertz CT molecular complexity index is 1820. The Kier molecular flexibility index (Phi) is 8.68. The summed E-state index contributed by atoms with van der Waals surface area (Å²) >= 11 is 0. The molecular formula is C39H43NO6S. The molecule has 0 spiro atoms. The average Bonchev–Trinajstić information content (AvgIpc) is 3.00. The molecule has 246 valence electrons. The van der Waals surface area contributed by atoms with Crippen LogP contribution in [0.2, 0.25) is 0 Å². The first kappa shape index (κ1) is 32.8. The molecule has 0 saturated carbocycles. The van der Waals surface area contributed by atoms with Crippen LogP contribution in [0.5, 0.6) is 11.5 Å². The van der Waals surface area contributed by atoms with Crippen molar-refractivity contribution >= 4 is 21.7 Å². The largest absolute Gasteiger partial charge is 0.490 e. The summed E-state index contributed by atoms with van der Waals surface area (Å²) in [5.74, 6) is -0.206. The van der Waals surface area contributed by atoms with Crippen molar-refractivity contribution in [2.24, 2.45) is 10.8 Å². The maximum Gasteiger partial charge on any atom is 0.339 e. The lowest BCUT2D eigenvalue weighted by Crippen LogP contribution is -2.45. The zero-order valence-electron chi connectivity index (χ0n) is 27.8. The lowest BCUT2D eigenvalue weighted by Gasteiger charge is -2.49. The van der Waals surface area contributed by atoms with Gasteiger partial charge < -0.3 is 13.8 Å². The first-order valence-corrected chi connectivity index (χ1v) is 17.8. The van der Waals surface area contributed by atoms with Gasteiger partial charge in [-0.3, -0.25) is 9.59 Å². The van der Waals surface area contributed by atoms with Gasteiger partial charge in [-0.2, -0.15) is 8.42 Å². The quantitative estimate of drug-likeness (QED) is 0.218. The van der Waals surface area contributed by atoms with E-state index in [9.17, 15) is 18.0 Å². The van der Waals surface area contributed by atoms with Crippen LogP contribution in [0.15, 0.2) is 106 Å². The van der Waals surface area contributed by atoms with Gasteiger partial charge in [-0.1, -0.05) is 82.3 Å².